The number of rotatable bonds is 3. The molecule has 0 aromatic rings. The van der Waals surface area contributed by atoms with Gasteiger partial charge in [0.05, 0.1) is 17.6 Å². The third kappa shape index (κ3) is 2.91. The van der Waals surface area contributed by atoms with E-state index in [1.54, 1.807) is 0 Å². The molecule has 0 radical (unpaired) electrons. The molecule has 1 aliphatic carbocycles. The van der Waals surface area contributed by atoms with Crippen LogP contribution in [-0.4, -0.2) is 32.5 Å². The topological polar surface area (TPSA) is 72.8 Å². The van der Waals surface area contributed by atoms with Crippen molar-refractivity contribution in [2.75, 3.05) is 13.4 Å². The van der Waals surface area contributed by atoms with Gasteiger partial charge in [-0.05, 0) is 29.4 Å². The Hall–Kier alpha value is -0.690. The standard InChI is InChI=1S/C13H20O5S/c1-9-4-5-12(19(14,15)16)11(13(9,2)3)6-10-7-17-8-18-10/h4-5,9-10H,6-8H2,1-3H3,(H,14,15,16)/t9-,10?/m1/s1. The van der Waals surface area contributed by atoms with Crippen LogP contribution < -0.4 is 0 Å². The molecule has 1 fully saturated rings. The van der Waals surface area contributed by atoms with Crippen molar-refractivity contribution in [3.63, 3.8) is 0 Å². The van der Waals surface area contributed by atoms with Crippen molar-refractivity contribution in [1.29, 1.82) is 0 Å². The van der Waals surface area contributed by atoms with Gasteiger partial charge in [-0.1, -0.05) is 26.8 Å². The number of hydrogen-bond acceptors (Lipinski definition) is 4. The van der Waals surface area contributed by atoms with E-state index < -0.39 is 10.1 Å². The number of allylic oxidation sites excluding steroid dienone is 2. The van der Waals surface area contributed by atoms with Crippen LogP contribution in [0.1, 0.15) is 27.2 Å². The first-order chi connectivity index (χ1) is 8.73. The summed E-state index contributed by atoms with van der Waals surface area (Å²) < 4.78 is 43.0. The highest BCUT2D eigenvalue weighted by molar-refractivity contribution is 7.90. The lowest BCUT2D eigenvalue weighted by molar-refractivity contribution is 0.0454. The van der Waals surface area contributed by atoms with E-state index in [1.807, 2.05) is 26.8 Å². The summed E-state index contributed by atoms with van der Waals surface area (Å²) >= 11 is 0. The van der Waals surface area contributed by atoms with Crippen LogP contribution in [0.15, 0.2) is 22.6 Å². The first-order valence-corrected chi connectivity index (χ1v) is 7.75. The van der Waals surface area contributed by atoms with E-state index in [4.69, 9.17) is 9.47 Å². The smallest absolute Gasteiger partial charge is 0.294 e. The Morgan fingerprint density at radius 3 is 2.68 bits per heavy atom. The van der Waals surface area contributed by atoms with E-state index in [2.05, 4.69) is 0 Å². The Kier molecular flexibility index (Phi) is 3.88. The molecule has 2 rings (SSSR count). The molecule has 6 heteroatoms. The van der Waals surface area contributed by atoms with Crippen molar-refractivity contribution in [3.05, 3.63) is 22.6 Å². The van der Waals surface area contributed by atoms with Gasteiger partial charge in [-0.2, -0.15) is 8.42 Å². The summed E-state index contributed by atoms with van der Waals surface area (Å²) in [6, 6.07) is 0. The minimum Gasteiger partial charge on any atom is -0.353 e. The molecular formula is C13H20O5S. The second-order valence-corrected chi connectivity index (χ2v) is 7.06. The molecule has 2 atom stereocenters. The van der Waals surface area contributed by atoms with E-state index in [0.29, 0.717) is 18.6 Å². The minimum atomic E-state index is -4.21. The van der Waals surface area contributed by atoms with Crippen molar-refractivity contribution in [3.8, 4) is 0 Å². The third-order valence-corrected chi connectivity index (χ3v) is 5.09. The van der Waals surface area contributed by atoms with E-state index in [9.17, 15) is 13.0 Å². The lowest BCUT2D eigenvalue weighted by atomic mass is 9.69. The summed E-state index contributed by atoms with van der Waals surface area (Å²) in [4.78, 5) is 0.00565. The maximum atomic E-state index is 11.5. The number of hydrogen-bond donors (Lipinski definition) is 1. The molecule has 108 valence electrons. The van der Waals surface area contributed by atoms with Crippen molar-refractivity contribution in [2.45, 2.75) is 33.3 Å². The van der Waals surface area contributed by atoms with Crippen LogP contribution in [0.25, 0.3) is 0 Å². The van der Waals surface area contributed by atoms with E-state index in [1.165, 1.54) is 6.08 Å². The molecule has 19 heavy (non-hydrogen) atoms. The van der Waals surface area contributed by atoms with Crippen LogP contribution in [0.5, 0.6) is 0 Å². The van der Waals surface area contributed by atoms with Gasteiger partial charge in [0.15, 0.2) is 0 Å². The second-order valence-electron chi connectivity index (χ2n) is 5.67. The predicted molar refractivity (Wildman–Crippen MR) is 71.0 cm³/mol. The monoisotopic (exact) mass is 288 g/mol. The van der Waals surface area contributed by atoms with Gasteiger partial charge in [-0.25, -0.2) is 0 Å². The van der Waals surface area contributed by atoms with Gasteiger partial charge in [0.2, 0.25) is 0 Å². The molecule has 1 saturated heterocycles. The van der Waals surface area contributed by atoms with Crippen LogP contribution in [0.2, 0.25) is 0 Å². The van der Waals surface area contributed by atoms with Crippen LogP contribution in [-0.2, 0) is 19.6 Å². The summed E-state index contributed by atoms with van der Waals surface area (Å²) in [5.74, 6) is 0.190. The lowest BCUT2D eigenvalue weighted by Gasteiger charge is -2.37. The SMILES string of the molecule is C[C@@H]1C=CC(S(=O)(=O)O)=C(CC2COCO2)C1(C)C. The largest absolute Gasteiger partial charge is 0.353 e. The van der Waals surface area contributed by atoms with Gasteiger partial charge in [0.1, 0.15) is 6.79 Å². The van der Waals surface area contributed by atoms with Gasteiger partial charge in [-0.15, -0.1) is 0 Å². The minimum absolute atomic E-state index is 0.00565. The zero-order valence-corrected chi connectivity index (χ0v) is 12.2. The van der Waals surface area contributed by atoms with Crippen molar-refractivity contribution in [1.82, 2.24) is 0 Å². The first-order valence-electron chi connectivity index (χ1n) is 6.31. The van der Waals surface area contributed by atoms with Crippen LogP contribution in [0, 0.1) is 11.3 Å². The molecule has 0 aromatic carbocycles. The molecule has 0 saturated carbocycles. The lowest BCUT2D eigenvalue weighted by Crippen LogP contribution is -2.31. The molecule has 0 spiro atoms. The average molecular weight is 288 g/mol. The summed E-state index contributed by atoms with van der Waals surface area (Å²) in [5, 5.41) is 0. The molecule has 1 aliphatic heterocycles. The Labute approximate surface area is 114 Å². The van der Waals surface area contributed by atoms with Crippen LogP contribution in [0.4, 0.5) is 0 Å². The highest BCUT2D eigenvalue weighted by atomic mass is 32.2. The molecule has 0 bridgehead atoms. The average Bonchev–Trinajstić information content (AvgIpc) is 2.76. The Morgan fingerprint density at radius 1 is 1.47 bits per heavy atom. The fraction of sp³-hybridized carbons (Fsp3) is 0.692. The van der Waals surface area contributed by atoms with Gasteiger partial charge in [0, 0.05) is 0 Å². The molecule has 1 heterocycles. The maximum Gasteiger partial charge on any atom is 0.294 e. The molecular weight excluding hydrogens is 268 g/mol. The highest BCUT2D eigenvalue weighted by Gasteiger charge is 2.38. The van der Waals surface area contributed by atoms with Crippen molar-refractivity contribution in [2.24, 2.45) is 11.3 Å². The summed E-state index contributed by atoms with van der Waals surface area (Å²) in [7, 11) is -4.21. The van der Waals surface area contributed by atoms with Gasteiger partial charge in [-0.3, -0.25) is 4.55 Å². The maximum absolute atomic E-state index is 11.5. The molecule has 5 nitrogen and oxygen atoms in total. The quantitative estimate of drug-likeness (QED) is 0.805. The zero-order valence-electron chi connectivity index (χ0n) is 11.4. The summed E-state index contributed by atoms with van der Waals surface area (Å²) in [6.45, 7) is 6.69. The molecule has 1 N–H and O–H groups in total. The Balaban J connectivity index is 2.43. The Morgan fingerprint density at radius 2 is 2.16 bits per heavy atom. The zero-order chi connectivity index (χ0) is 14.3. The summed E-state index contributed by atoms with van der Waals surface area (Å²) in [6.07, 6.45) is 3.62. The third-order valence-electron chi connectivity index (χ3n) is 4.15. The van der Waals surface area contributed by atoms with Crippen molar-refractivity contribution >= 4 is 10.1 Å². The first kappa shape index (κ1) is 14.7. The van der Waals surface area contributed by atoms with Gasteiger partial charge < -0.3 is 9.47 Å². The van der Waals surface area contributed by atoms with E-state index in [0.717, 1.165) is 0 Å². The molecule has 2 aliphatic rings. The van der Waals surface area contributed by atoms with E-state index in [-0.39, 0.29) is 29.1 Å². The number of ether oxygens (including phenoxy) is 2. The predicted octanol–water partition coefficient (Wildman–Crippen LogP) is 2.12. The van der Waals surface area contributed by atoms with Crippen LogP contribution in [0.3, 0.4) is 0 Å². The highest BCUT2D eigenvalue weighted by Crippen LogP contribution is 2.44. The molecule has 1 unspecified atom stereocenters. The molecule has 0 amide bonds. The van der Waals surface area contributed by atoms with E-state index >= 15 is 0 Å². The van der Waals surface area contributed by atoms with Crippen LogP contribution >= 0.6 is 0 Å². The normalized spacial score (nSPS) is 30.9. The molecule has 0 aromatic heterocycles. The van der Waals surface area contributed by atoms with Crippen molar-refractivity contribution < 1.29 is 22.4 Å². The Bertz CT molecular complexity index is 509. The summed E-state index contributed by atoms with van der Waals surface area (Å²) in [5.41, 5.74) is 0.367. The second kappa shape index (κ2) is 5.01. The van der Waals surface area contributed by atoms with Gasteiger partial charge >= 0.3 is 0 Å². The van der Waals surface area contributed by atoms with Gasteiger partial charge in [0.25, 0.3) is 10.1 Å². The fourth-order valence-corrected chi connectivity index (χ4v) is 3.40. The fourth-order valence-electron chi connectivity index (χ4n) is 2.49.